The molecule has 1 heterocycles. The van der Waals surface area contributed by atoms with Crippen LogP contribution >= 0.6 is 0 Å². The maximum Gasteiger partial charge on any atom is 0.310 e. The molecule has 0 aliphatic carbocycles. The van der Waals surface area contributed by atoms with Gasteiger partial charge in [-0.15, -0.1) is 0 Å². The molecule has 0 N–H and O–H groups in total. The average molecular weight is 313 g/mol. The van der Waals surface area contributed by atoms with E-state index in [0.29, 0.717) is 6.54 Å². The molecule has 2 atom stereocenters. The summed E-state index contributed by atoms with van der Waals surface area (Å²) in [7, 11) is 1.41. The van der Waals surface area contributed by atoms with E-state index in [-0.39, 0.29) is 23.6 Å². The second-order valence-electron chi connectivity index (χ2n) is 5.97. The Morgan fingerprint density at radius 1 is 1.17 bits per heavy atom. The molecular formula is C19H20FNO2. The lowest BCUT2D eigenvalue weighted by molar-refractivity contribution is -0.145. The molecule has 0 unspecified atom stereocenters. The van der Waals surface area contributed by atoms with Crippen molar-refractivity contribution >= 4 is 5.97 Å². The van der Waals surface area contributed by atoms with Gasteiger partial charge in [0.25, 0.3) is 0 Å². The first-order chi connectivity index (χ1) is 11.2. The maximum atomic E-state index is 13.5. The largest absolute Gasteiger partial charge is 0.469 e. The Kier molecular flexibility index (Phi) is 4.72. The molecule has 3 rings (SSSR count). The van der Waals surface area contributed by atoms with Gasteiger partial charge in [0, 0.05) is 25.6 Å². The van der Waals surface area contributed by atoms with E-state index < -0.39 is 0 Å². The van der Waals surface area contributed by atoms with Crippen molar-refractivity contribution in [2.24, 2.45) is 5.92 Å². The Balaban J connectivity index is 1.81. The molecule has 0 saturated carbocycles. The minimum atomic E-state index is -0.271. The molecule has 4 heteroatoms. The Hall–Kier alpha value is -2.20. The molecule has 2 aromatic rings. The van der Waals surface area contributed by atoms with E-state index in [4.69, 9.17) is 4.74 Å². The van der Waals surface area contributed by atoms with Crippen LogP contribution in [0, 0.1) is 11.7 Å². The van der Waals surface area contributed by atoms with Gasteiger partial charge < -0.3 is 4.74 Å². The second-order valence-corrected chi connectivity index (χ2v) is 5.97. The van der Waals surface area contributed by atoms with Crippen molar-refractivity contribution in [1.29, 1.82) is 0 Å². The van der Waals surface area contributed by atoms with Gasteiger partial charge in [0.1, 0.15) is 5.82 Å². The number of halogens is 1. The van der Waals surface area contributed by atoms with E-state index in [9.17, 15) is 9.18 Å². The summed E-state index contributed by atoms with van der Waals surface area (Å²) < 4.78 is 18.5. The fourth-order valence-corrected chi connectivity index (χ4v) is 3.32. The normalized spacial score (nSPS) is 21.3. The molecule has 1 aliphatic heterocycles. The molecule has 2 aromatic carbocycles. The van der Waals surface area contributed by atoms with Crippen molar-refractivity contribution in [1.82, 2.24) is 4.90 Å². The van der Waals surface area contributed by atoms with Crippen molar-refractivity contribution in [2.45, 2.75) is 12.5 Å². The number of carbonyl (C=O) groups excluding carboxylic acids is 1. The minimum absolute atomic E-state index is 0.0399. The number of methoxy groups -OCH3 is 1. The molecule has 1 aliphatic rings. The van der Waals surface area contributed by atoms with Gasteiger partial charge in [0.2, 0.25) is 0 Å². The fourth-order valence-electron chi connectivity index (χ4n) is 3.32. The summed E-state index contributed by atoms with van der Waals surface area (Å²) in [5, 5.41) is 0. The third-order valence-electron chi connectivity index (χ3n) is 4.43. The van der Waals surface area contributed by atoms with Crippen molar-refractivity contribution in [2.75, 3.05) is 20.2 Å². The van der Waals surface area contributed by atoms with Crippen LogP contribution in [0.5, 0.6) is 0 Å². The fraction of sp³-hybridized carbons (Fsp3) is 0.316. The van der Waals surface area contributed by atoms with Crippen molar-refractivity contribution in [3.8, 4) is 0 Å². The van der Waals surface area contributed by atoms with Crippen LogP contribution in [-0.2, 0) is 16.1 Å². The number of benzene rings is 2. The zero-order valence-corrected chi connectivity index (χ0v) is 13.1. The molecular weight excluding hydrogens is 293 g/mol. The van der Waals surface area contributed by atoms with Crippen molar-refractivity contribution in [3.63, 3.8) is 0 Å². The van der Waals surface area contributed by atoms with Crippen LogP contribution < -0.4 is 0 Å². The van der Waals surface area contributed by atoms with Gasteiger partial charge in [-0.25, -0.2) is 4.39 Å². The van der Waals surface area contributed by atoms with Gasteiger partial charge in [-0.05, 0) is 23.3 Å². The lowest BCUT2D eigenvalue weighted by Crippen LogP contribution is -2.24. The Morgan fingerprint density at radius 3 is 2.65 bits per heavy atom. The van der Waals surface area contributed by atoms with Gasteiger partial charge >= 0.3 is 5.97 Å². The lowest BCUT2D eigenvalue weighted by atomic mass is 9.89. The highest BCUT2D eigenvalue weighted by molar-refractivity contribution is 5.74. The van der Waals surface area contributed by atoms with Crippen molar-refractivity contribution in [3.05, 3.63) is 71.5 Å². The van der Waals surface area contributed by atoms with E-state index in [0.717, 1.165) is 18.7 Å². The molecule has 23 heavy (non-hydrogen) atoms. The zero-order chi connectivity index (χ0) is 16.2. The number of hydrogen-bond donors (Lipinski definition) is 0. The first-order valence-electron chi connectivity index (χ1n) is 7.77. The number of carbonyl (C=O) groups is 1. The average Bonchev–Trinajstić information content (AvgIpc) is 2.99. The third kappa shape index (κ3) is 3.59. The number of ether oxygens (including phenoxy) is 1. The molecule has 3 nitrogen and oxygen atoms in total. The lowest BCUT2D eigenvalue weighted by Gasteiger charge is -2.16. The zero-order valence-electron chi connectivity index (χ0n) is 13.1. The van der Waals surface area contributed by atoms with Gasteiger partial charge in [-0.2, -0.15) is 0 Å². The van der Waals surface area contributed by atoms with Crippen molar-refractivity contribution < 1.29 is 13.9 Å². The topological polar surface area (TPSA) is 29.5 Å². The smallest absolute Gasteiger partial charge is 0.310 e. The van der Waals surface area contributed by atoms with E-state index >= 15 is 0 Å². The quantitative estimate of drug-likeness (QED) is 0.812. The molecule has 0 radical (unpaired) electrons. The van der Waals surface area contributed by atoms with Crippen LogP contribution in [0.25, 0.3) is 0 Å². The molecule has 0 aromatic heterocycles. The number of likely N-dealkylation sites (tertiary alicyclic amines) is 1. The van der Waals surface area contributed by atoms with E-state index in [2.05, 4.69) is 17.0 Å². The van der Waals surface area contributed by atoms with Gasteiger partial charge in [0.05, 0.1) is 13.0 Å². The first-order valence-corrected chi connectivity index (χ1v) is 7.77. The highest BCUT2D eigenvalue weighted by Gasteiger charge is 2.39. The predicted molar refractivity (Wildman–Crippen MR) is 86.4 cm³/mol. The van der Waals surface area contributed by atoms with Crippen LogP contribution in [0.3, 0.4) is 0 Å². The molecule has 0 spiro atoms. The number of nitrogens with zero attached hydrogens (tertiary/aromatic N) is 1. The monoisotopic (exact) mass is 313 g/mol. The number of hydrogen-bond acceptors (Lipinski definition) is 3. The van der Waals surface area contributed by atoms with Crippen LogP contribution in [0.15, 0.2) is 54.6 Å². The molecule has 0 amide bonds. The number of rotatable bonds is 4. The summed E-state index contributed by atoms with van der Waals surface area (Å²) in [6.45, 7) is 2.13. The molecule has 1 fully saturated rings. The van der Waals surface area contributed by atoms with Gasteiger partial charge in [0.15, 0.2) is 0 Å². The highest BCUT2D eigenvalue weighted by Crippen LogP contribution is 2.34. The van der Waals surface area contributed by atoms with Crippen LogP contribution in [0.2, 0.25) is 0 Å². The minimum Gasteiger partial charge on any atom is -0.469 e. The maximum absolute atomic E-state index is 13.5. The Labute approximate surface area is 135 Å². The van der Waals surface area contributed by atoms with Crippen LogP contribution in [-0.4, -0.2) is 31.1 Å². The molecule has 1 saturated heterocycles. The summed E-state index contributed by atoms with van der Waals surface area (Å²) >= 11 is 0. The summed E-state index contributed by atoms with van der Waals surface area (Å²) in [4.78, 5) is 14.4. The van der Waals surface area contributed by atoms with Gasteiger partial charge in [-0.3, -0.25) is 9.69 Å². The molecule has 120 valence electrons. The summed E-state index contributed by atoms with van der Waals surface area (Å²) in [6.07, 6.45) is 0. The Bertz CT molecular complexity index is 674. The van der Waals surface area contributed by atoms with Crippen LogP contribution in [0.4, 0.5) is 4.39 Å². The highest BCUT2D eigenvalue weighted by atomic mass is 19.1. The van der Waals surface area contributed by atoms with E-state index in [1.165, 1.54) is 24.8 Å². The third-order valence-corrected chi connectivity index (χ3v) is 4.43. The predicted octanol–water partition coefficient (Wildman–Crippen LogP) is 3.21. The summed E-state index contributed by atoms with van der Waals surface area (Å²) in [5.74, 6) is -0.796. The second kappa shape index (κ2) is 6.92. The standard InChI is InChI=1S/C19H20FNO2/c1-23-19(22)18-13-21(11-14-6-3-2-4-7-14)12-17(18)15-8-5-9-16(20)10-15/h2-10,17-18H,11-13H2,1H3/t17-,18+/m1/s1. The summed E-state index contributed by atoms with van der Waals surface area (Å²) in [5.41, 5.74) is 2.06. The first kappa shape index (κ1) is 15.7. The van der Waals surface area contributed by atoms with E-state index in [1.54, 1.807) is 6.07 Å². The van der Waals surface area contributed by atoms with Gasteiger partial charge in [-0.1, -0.05) is 42.5 Å². The Morgan fingerprint density at radius 2 is 1.96 bits per heavy atom. The van der Waals surface area contributed by atoms with E-state index in [1.807, 2.05) is 24.3 Å². The SMILES string of the molecule is COC(=O)[C@H]1CN(Cc2ccccc2)C[C@@H]1c1cccc(F)c1. The molecule has 0 bridgehead atoms. The summed E-state index contributed by atoms with van der Waals surface area (Å²) in [6, 6.07) is 16.7. The van der Waals surface area contributed by atoms with Crippen LogP contribution in [0.1, 0.15) is 17.0 Å². The number of esters is 1.